The van der Waals surface area contributed by atoms with Crippen molar-refractivity contribution in [1.29, 1.82) is 0 Å². The molecular weight excluding hydrogens is 255 g/mol. The number of aryl methyl sites for hydroxylation is 1. The van der Waals surface area contributed by atoms with Gasteiger partial charge < -0.3 is 5.32 Å². The van der Waals surface area contributed by atoms with Gasteiger partial charge in [-0.15, -0.1) is 0 Å². The van der Waals surface area contributed by atoms with Gasteiger partial charge in [-0.1, -0.05) is 23.7 Å². The van der Waals surface area contributed by atoms with Crippen molar-refractivity contribution in [2.24, 2.45) is 0 Å². The Labute approximate surface area is 109 Å². The molecular formula is C13H10ClFN2O. The molecule has 0 saturated heterocycles. The zero-order valence-electron chi connectivity index (χ0n) is 9.58. The van der Waals surface area contributed by atoms with Gasteiger partial charge in [-0.2, -0.15) is 4.39 Å². The van der Waals surface area contributed by atoms with E-state index in [1.807, 2.05) is 6.92 Å². The minimum absolute atomic E-state index is 0.0226. The second kappa shape index (κ2) is 5.14. The number of nitrogens with one attached hydrogen (secondary N) is 1. The van der Waals surface area contributed by atoms with Crippen molar-refractivity contribution in [3.8, 4) is 0 Å². The molecule has 0 aliphatic carbocycles. The van der Waals surface area contributed by atoms with Crippen LogP contribution in [0.2, 0.25) is 5.02 Å². The van der Waals surface area contributed by atoms with Crippen LogP contribution in [0.5, 0.6) is 0 Å². The van der Waals surface area contributed by atoms with E-state index in [0.29, 0.717) is 10.7 Å². The Balaban J connectivity index is 2.24. The van der Waals surface area contributed by atoms with Crippen LogP contribution >= 0.6 is 11.6 Å². The van der Waals surface area contributed by atoms with Crippen molar-refractivity contribution >= 4 is 23.2 Å². The van der Waals surface area contributed by atoms with Gasteiger partial charge >= 0.3 is 0 Å². The first-order valence-corrected chi connectivity index (χ1v) is 5.64. The monoisotopic (exact) mass is 264 g/mol. The molecule has 1 amide bonds. The Bertz CT molecular complexity index is 601. The van der Waals surface area contributed by atoms with E-state index in [0.717, 1.165) is 5.56 Å². The van der Waals surface area contributed by atoms with Crippen molar-refractivity contribution < 1.29 is 9.18 Å². The van der Waals surface area contributed by atoms with Crippen molar-refractivity contribution in [3.05, 3.63) is 58.6 Å². The number of anilines is 1. The van der Waals surface area contributed by atoms with Crippen LogP contribution in [0.25, 0.3) is 0 Å². The summed E-state index contributed by atoms with van der Waals surface area (Å²) in [6.45, 7) is 1.84. The highest BCUT2D eigenvalue weighted by Crippen LogP contribution is 2.20. The number of amides is 1. The fourth-order valence-corrected chi connectivity index (χ4v) is 1.62. The lowest BCUT2D eigenvalue weighted by molar-refractivity contribution is 0.102. The van der Waals surface area contributed by atoms with Gasteiger partial charge in [0.05, 0.1) is 0 Å². The van der Waals surface area contributed by atoms with Crippen LogP contribution in [0.3, 0.4) is 0 Å². The number of hydrogen-bond donors (Lipinski definition) is 1. The summed E-state index contributed by atoms with van der Waals surface area (Å²) in [5.41, 5.74) is 1.47. The van der Waals surface area contributed by atoms with E-state index in [2.05, 4.69) is 10.3 Å². The molecule has 1 heterocycles. The molecule has 0 saturated carbocycles. The molecule has 3 nitrogen and oxygen atoms in total. The van der Waals surface area contributed by atoms with Gasteiger partial charge in [0.2, 0.25) is 5.95 Å². The Morgan fingerprint density at radius 2 is 2.11 bits per heavy atom. The molecule has 1 N–H and O–H groups in total. The summed E-state index contributed by atoms with van der Waals surface area (Å²) < 4.78 is 12.9. The molecule has 2 aromatic rings. The third-order valence-electron chi connectivity index (χ3n) is 2.40. The summed E-state index contributed by atoms with van der Waals surface area (Å²) in [6, 6.07) is 9.21. The normalized spacial score (nSPS) is 10.2. The van der Waals surface area contributed by atoms with E-state index in [4.69, 9.17) is 11.6 Å². The number of nitrogens with zero attached hydrogens (tertiary/aromatic N) is 1. The van der Waals surface area contributed by atoms with Crippen LogP contribution in [-0.2, 0) is 0 Å². The van der Waals surface area contributed by atoms with Crippen LogP contribution in [-0.4, -0.2) is 10.9 Å². The minimum Gasteiger partial charge on any atom is -0.320 e. The van der Waals surface area contributed by atoms with Gasteiger partial charge in [0.1, 0.15) is 5.69 Å². The molecule has 5 heteroatoms. The lowest BCUT2D eigenvalue weighted by Gasteiger charge is -2.08. The molecule has 0 unspecified atom stereocenters. The first kappa shape index (κ1) is 12.5. The third kappa shape index (κ3) is 2.84. The van der Waals surface area contributed by atoms with Crippen LogP contribution in [0, 0.1) is 12.9 Å². The smallest absolute Gasteiger partial charge is 0.274 e. The first-order valence-electron chi connectivity index (χ1n) is 5.26. The highest BCUT2D eigenvalue weighted by Gasteiger charge is 2.10. The maximum Gasteiger partial charge on any atom is 0.274 e. The average molecular weight is 265 g/mol. The molecule has 0 radical (unpaired) electrons. The number of carbonyl (C=O) groups excluding carboxylic acids is 1. The Hall–Kier alpha value is -1.94. The Morgan fingerprint density at radius 1 is 1.33 bits per heavy atom. The lowest BCUT2D eigenvalue weighted by Crippen LogP contribution is -2.14. The molecule has 1 aromatic heterocycles. The number of aromatic nitrogens is 1. The van der Waals surface area contributed by atoms with Crippen LogP contribution < -0.4 is 5.32 Å². The molecule has 0 atom stereocenters. The van der Waals surface area contributed by atoms with Crippen LogP contribution in [0.1, 0.15) is 16.1 Å². The topological polar surface area (TPSA) is 42.0 Å². The number of halogens is 2. The van der Waals surface area contributed by atoms with Crippen LogP contribution in [0.15, 0.2) is 36.4 Å². The van der Waals surface area contributed by atoms with Crippen LogP contribution in [0.4, 0.5) is 10.1 Å². The first-order chi connectivity index (χ1) is 8.56. The SMILES string of the molecule is Cc1ccc(Cl)cc1NC(=O)c1cccc(F)n1. The van der Waals surface area contributed by atoms with E-state index in [1.54, 1.807) is 18.2 Å². The summed E-state index contributed by atoms with van der Waals surface area (Å²) >= 11 is 5.84. The molecule has 0 aliphatic heterocycles. The van der Waals surface area contributed by atoms with Gasteiger partial charge in [-0.05, 0) is 36.8 Å². The quantitative estimate of drug-likeness (QED) is 0.845. The van der Waals surface area contributed by atoms with Gasteiger partial charge in [-0.25, -0.2) is 4.98 Å². The second-order valence-corrected chi connectivity index (χ2v) is 4.20. The molecule has 2 rings (SSSR count). The maximum atomic E-state index is 12.9. The molecule has 92 valence electrons. The molecule has 0 bridgehead atoms. The van der Waals surface area contributed by atoms with E-state index in [1.165, 1.54) is 18.2 Å². The van der Waals surface area contributed by atoms with E-state index in [-0.39, 0.29) is 5.69 Å². The van der Waals surface area contributed by atoms with E-state index < -0.39 is 11.9 Å². The minimum atomic E-state index is -0.689. The number of carbonyl (C=O) groups is 1. The van der Waals surface area contributed by atoms with Gasteiger partial charge in [0.15, 0.2) is 0 Å². The highest BCUT2D eigenvalue weighted by atomic mass is 35.5. The Kier molecular flexibility index (Phi) is 3.58. The molecule has 18 heavy (non-hydrogen) atoms. The highest BCUT2D eigenvalue weighted by molar-refractivity contribution is 6.31. The average Bonchev–Trinajstić information content (AvgIpc) is 2.34. The second-order valence-electron chi connectivity index (χ2n) is 3.76. The van der Waals surface area contributed by atoms with Crippen molar-refractivity contribution in [3.63, 3.8) is 0 Å². The zero-order chi connectivity index (χ0) is 13.1. The number of hydrogen-bond acceptors (Lipinski definition) is 2. The predicted octanol–water partition coefficient (Wildman–Crippen LogP) is 3.43. The summed E-state index contributed by atoms with van der Waals surface area (Å²) in [6.07, 6.45) is 0. The molecule has 1 aromatic carbocycles. The zero-order valence-corrected chi connectivity index (χ0v) is 10.3. The maximum absolute atomic E-state index is 12.9. The largest absolute Gasteiger partial charge is 0.320 e. The summed E-state index contributed by atoms with van der Waals surface area (Å²) in [5.74, 6) is -1.16. The fraction of sp³-hybridized carbons (Fsp3) is 0.0769. The third-order valence-corrected chi connectivity index (χ3v) is 2.63. The van der Waals surface area contributed by atoms with E-state index >= 15 is 0 Å². The van der Waals surface area contributed by atoms with Crippen molar-refractivity contribution in [1.82, 2.24) is 4.98 Å². The fourth-order valence-electron chi connectivity index (χ4n) is 1.45. The molecule has 0 fully saturated rings. The summed E-state index contributed by atoms with van der Waals surface area (Å²) in [7, 11) is 0. The molecule has 0 aliphatic rings. The van der Waals surface area contributed by atoms with Gasteiger partial charge in [0.25, 0.3) is 5.91 Å². The van der Waals surface area contributed by atoms with E-state index in [9.17, 15) is 9.18 Å². The Morgan fingerprint density at radius 3 is 2.83 bits per heavy atom. The van der Waals surface area contributed by atoms with Gasteiger partial charge in [0, 0.05) is 10.7 Å². The molecule has 0 spiro atoms. The van der Waals surface area contributed by atoms with Crippen molar-refractivity contribution in [2.45, 2.75) is 6.92 Å². The number of benzene rings is 1. The van der Waals surface area contributed by atoms with Crippen molar-refractivity contribution in [2.75, 3.05) is 5.32 Å². The lowest BCUT2D eigenvalue weighted by atomic mass is 10.2. The summed E-state index contributed by atoms with van der Waals surface area (Å²) in [4.78, 5) is 15.4. The number of rotatable bonds is 2. The standard InChI is InChI=1S/C13H10ClFN2O/c1-8-5-6-9(14)7-11(8)17-13(18)10-3-2-4-12(15)16-10/h2-7H,1H3,(H,17,18). The van der Waals surface area contributed by atoms with Gasteiger partial charge in [-0.3, -0.25) is 4.79 Å². The predicted molar refractivity (Wildman–Crippen MR) is 68.3 cm³/mol. The summed E-state index contributed by atoms with van der Waals surface area (Å²) in [5, 5.41) is 3.16. The number of pyridine rings is 1.